The summed E-state index contributed by atoms with van der Waals surface area (Å²) in [6, 6.07) is 21.8. The molecule has 1 N–H and O–H groups in total. The number of hydrogen-bond donors (Lipinski definition) is 1. The SMILES string of the molecule is C=Cc1cc(C)c(-c2ccc(-c3cn(C(=O)N4CCCCC4Cc4ccccc4)nn3)cc2)c(O)c1.CCCCCC. The molecule has 42 heavy (non-hydrogen) atoms. The van der Waals surface area contributed by atoms with Crippen LogP contribution in [0.1, 0.15) is 75.5 Å². The second kappa shape index (κ2) is 15.2. The summed E-state index contributed by atoms with van der Waals surface area (Å²) >= 11 is 0. The number of aromatic hydroxyl groups is 1. The molecule has 1 atom stereocenters. The molecule has 6 heteroatoms. The van der Waals surface area contributed by atoms with Crippen molar-refractivity contribution in [2.75, 3.05) is 6.54 Å². The summed E-state index contributed by atoms with van der Waals surface area (Å²) in [6.07, 6.45) is 12.9. The highest BCUT2D eigenvalue weighted by Crippen LogP contribution is 2.35. The maximum atomic E-state index is 13.4. The quantitative estimate of drug-likeness (QED) is 0.217. The molecule has 0 aliphatic carbocycles. The van der Waals surface area contributed by atoms with Gasteiger partial charge in [-0.3, -0.25) is 0 Å². The number of hydrogen-bond acceptors (Lipinski definition) is 4. The van der Waals surface area contributed by atoms with Gasteiger partial charge in [-0.2, -0.15) is 4.68 Å². The largest absolute Gasteiger partial charge is 0.507 e. The molecular weight excluding hydrogens is 520 g/mol. The Labute approximate surface area is 250 Å². The van der Waals surface area contributed by atoms with Gasteiger partial charge >= 0.3 is 6.03 Å². The lowest BCUT2D eigenvalue weighted by atomic mass is 9.96. The highest BCUT2D eigenvalue weighted by molar-refractivity contribution is 5.79. The maximum absolute atomic E-state index is 13.4. The van der Waals surface area contributed by atoms with E-state index in [1.54, 1.807) is 18.3 Å². The van der Waals surface area contributed by atoms with Gasteiger partial charge in [0.1, 0.15) is 11.4 Å². The third-order valence-electron chi connectivity index (χ3n) is 7.88. The number of unbranched alkanes of at least 4 members (excludes halogenated alkanes) is 3. The number of aryl methyl sites for hydroxylation is 1. The maximum Gasteiger partial charge on any atom is 0.346 e. The van der Waals surface area contributed by atoms with Crippen LogP contribution in [0.15, 0.2) is 79.5 Å². The lowest BCUT2D eigenvalue weighted by molar-refractivity contribution is 0.149. The molecule has 3 aromatic carbocycles. The summed E-state index contributed by atoms with van der Waals surface area (Å²) in [5.41, 5.74) is 6.28. The number of nitrogens with zero attached hydrogens (tertiary/aromatic N) is 4. The first-order valence-electron chi connectivity index (χ1n) is 15.3. The average Bonchev–Trinajstić information content (AvgIpc) is 3.51. The Morgan fingerprint density at radius 1 is 1.00 bits per heavy atom. The van der Waals surface area contributed by atoms with Crippen molar-refractivity contribution in [3.8, 4) is 28.1 Å². The number of phenols is 1. The Balaban J connectivity index is 0.000000612. The van der Waals surface area contributed by atoms with Gasteiger partial charge in [0.25, 0.3) is 0 Å². The molecule has 1 unspecified atom stereocenters. The van der Waals surface area contributed by atoms with Crippen LogP contribution in [0.25, 0.3) is 28.5 Å². The van der Waals surface area contributed by atoms with Gasteiger partial charge in [-0.1, -0.05) is 118 Å². The minimum atomic E-state index is -0.131. The first-order valence-corrected chi connectivity index (χ1v) is 15.3. The number of carbonyl (C=O) groups excluding carboxylic acids is 1. The van der Waals surface area contributed by atoms with Crippen LogP contribution in [0.5, 0.6) is 5.75 Å². The van der Waals surface area contributed by atoms with E-state index in [1.807, 2.05) is 60.4 Å². The fraction of sp³-hybridized carbons (Fsp3) is 0.361. The predicted molar refractivity (Wildman–Crippen MR) is 172 cm³/mol. The van der Waals surface area contributed by atoms with Gasteiger partial charge in [0.2, 0.25) is 0 Å². The zero-order chi connectivity index (χ0) is 29.9. The summed E-state index contributed by atoms with van der Waals surface area (Å²) in [4.78, 5) is 15.3. The van der Waals surface area contributed by atoms with Crippen LogP contribution in [0.4, 0.5) is 4.79 Å². The van der Waals surface area contributed by atoms with E-state index in [2.05, 4.69) is 42.9 Å². The number of carbonyl (C=O) groups is 1. The van der Waals surface area contributed by atoms with Crippen molar-refractivity contribution in [2.45, 2.75) is 78.2 Å². The van der Waals surface area contributed by atoms with Crippen molar-refractivity contribution in [3.05, 3.63) is 96.2 Å². The minimum absolute atomic E-state index is 0.131. The van der Waals surface area contributed by atoms with Crippen LogP contribution in [-0.4, -0.2) is 43.6 Å². The van der Waals surface area contributed by atoms with E-state index >= 15 is 0 Å². The Bertz CT molecular complexity index is 1420. The van der Waals surface area contributed by atoms with Crippen molar-refractivity contribution in [3.63, 3.8) is 0 Å². The normalized spacial score (nSPS) is 14.6. The topological polar surface area (TPSA) is 71.2 Å². The van der Waals surface area contributed by atoms with Crippen LogP contribution < -0.4 is 0 Å². The highest BCUT2D eigenvalue weighted by atomic mass is 16.3. The number of phenolic OH excluding ortho intramolecular Hbond substituents is 1. The van der Waals surface area contributed by atoms with Gasteiger partial charge in [0.05, 0.1) is 6.20 Å². The molecule has 0 spiro atoms. The zero-order valence-corrected chi connectivity index (χ0v) is 25.3. The molecule has 5 rings (SSSR count). The number of piperidine rings is 1. The minimum Gasteiger partial charge on any atom is -0.507 e. The third-order valence-corrected chi connectivity index (χ3v) is 7.88. The predicted octanol–water partition coefficient (Wildman–Crippen LogP) is 8.92. The lowest BCUT2D eigenvalue weighted by Crippen LogP contribution is -2.46. The first-order chi connectivity index (χ1) is 20.4. The van der Waals surface area contributed by atoms with Crippen molar-refractivity contribution in [1.82, 2.24) is 19.9 Å². The molecule has 1 amide bonds. The van der Waals surface area contributed by atoms with Crippen molar-refractivity contribution in [1.29, 1.82) is 0 Å². The van der Waals surface area contributed by atoms with E-state index in [-0.39, 0.29) is 17.8 Å². The molecule has 1 aliphatic heterocycles. The Hall–Kier alpha value is -4.19. The molecule has 1 aromatic heterocycles. The molecule has 1 fully saturated rings. The fourth-order valence-electron chi connectivity index (χ4n) is 5.57. The Morgan fingerprint density at radius 2 is 1.69 bits per heavy atom. The van der Waals surface area contributed by atoms with E-state index in [1.165, 1.54) is 35.9 Å². The molecule has 0 bridgehead atoms. The third kappa shape index (κ3) is 7.75. The summed E-state index contributed by atoms with van der Waals surface area (Å²) in [7, 11) is 0. The highest BCUT2D eigenvalue weighted by Gasteiger charge is 2.28. The van der Waals surface area contributed by atoms with Crippen molar-refractivity contribution >= 4 is 12.1 Å². The molecule has 0 radical (unpaired) electrons. The molecule has 1 aliphatic rings. The molecule has 1 saturated heterocycles. The number of rotatable bonds is 8. The van der Waals surface area contributed by atoms with Gasteiger partial charge in [0.15, 0.2) is 0 Å². The van der Waals surface area contributed by atoms with Crippen molar-refractivity contribution < 1.29 is 9.90 Å². The Morgan fingerprint density at radius 3 is 2.33 bits per heavy atom. The van der Waals surface area contributed by atoms with Crippen LogP contribution in [-0.2, 0) is 6.42 Å². The molecule has 2 heterocycles. The van der Waals surface area contributed by atoms with Crippen LogP contribution in [0.2, 0.25) is 0 Å². The number of benzene rings is 3. The van der Waals surface area contributed by atoms with Crippen LogP contribution in [0.3, 0.4) is 0 Å². The summed E-state index contributed by atoms with van der Waals surface area (Å²) in [6.45, 7) is 10.9. The van der Waals surface area contributed by atoms with Gasteiger partial charge in [-0.15, -0.1) is 5.10 Å². The summed E-state index contributed by atoms with van der Waals surface area (Å²) in [5.74, 6) is 0.223. The summed E-state index contributed by atoms with van der Waals surface area (Å²) < 4.78 is 1.36. The van der Waals surface area contributed by atoms with Gasteiger partial charge < -0.3 is 10.0 Å². The number of likely N-dealkylation sites (tertiary alicyclic amines) is 1. The standard InChI is InChI=1S/C30H30N4O2.C6H14/c1-3-22-17-21(2)29(28(35)19-22)25-14-12-24(13-15-25)27-20-34(32-31-27)30(36)33-16-8-7-11-26(33)18-23-9-5-4-6-10-23;1-3-5-6-4-2/h3-6,9-10,12-15,17,19-20,26,35H,1,7-8,11,16,18H2,2H3;3-6H2,1-2H3. The van der Waals surface area contributed by atoms with Crippen LogP contribution in [0, 0.1) is 6.92 Å². The fourth-order valence-corrected chi connectivity index (χ4v) is 5.57. The summed E-state index contributed by atoms with van der Waals surface area (Å²) in [5, 5.41) is 19.0. The van der Waals surface area contributed by atoms with Gasteiger partial charge in [-0.05, 0) is 60.9 Å². The number of aromatic nitrogens is 3. The van der Waals surface area contributed by atoms with E-state index in [9.17, 15) is 9.90 Å². The van der Waals surface area contributed by atoms with Crippen molar-refractivity contribution in [2.24, 2.45) is 0 Å². The van der Waals surface area contributed by atoms with Gasteiger partial charge in [0, 0.05) is 23.7 Å². The lowest BCUT2D eigenvalue weighted by Gasteiger charge is -2.35. The molecular formula is C36H44N4O2. The van der Waals surface area contributed by atoms with E-state index < -0.39 is 0 Å². The second-order valence-electron chi connectivity index (χ2n) is 11.1. The smallest absolute Gasteiger partial charge is 0.346 e. The van der Waals surface area contributed by atoms with E-state index in [0.717, 1.165) is 60.0 Å². The van der Waals surface area contributed by atoms with E-state index in [0.29, 0.717) is 5.69 Å². The molecule has 6 nitrogen and oxygen atoms in total. The molecule has 220 valence electrons. The monoisotopic (exact) mass is 564 g/mol. The van der Waals surface area contributed by atoms with Gasteiger partial charge in [-0.25, -0.2) is 4.79 Å². The first kappa shape index (κ1) is 30.8. The molecule has 0 saturated carbocycles. The van der Waals surface area contributed by atoms with E-state index in [4.69, 9.17) is 0 Å². The zero-order valence-electron chi connectivity index (χ0n) is 25.3. The average molecular weight is 565 g/mol. The number of amides is 1. The molecule has 4 aromatic rings. The Kier molecular flexibility index (Phi) is 11.1. The second-order valence-corrected chi connectivity index (χ2v) is 11.1. The van der Waals surface area contributed by atoms with Crippen LogP contribution >= 0.6 is 0 Å².